The normalized spacial score (nSPS) is 24.6. The van der Waals surface area contributed by atoms with Gasteiger partial charge in [-0.1, -0.05) is 49.7 Å². The molecule has 3 atom stereocenters. The van der Waals surface area contributed by atoms with E-state index in [1.165, 1.54) is 4.90 Å². The minimum Gasteiger partial charge on any atom is -0.273 e. The number of anilines is 2. The van der Waals surface area contributed by atoms with Crippen molar-refractivity contribution in [3.63, 3.8) is 0 Å². The van der Waals surface area contributed by atoms with E-state index in [0.29, 0.717) is 5.69 Å². The summed E-state index contributed by atoms with van der Waals surface area (Å²) in [6.07, 6.45) is 0.939. The van der Waals surface area contributed by atoms with E-state index in [0.717, 1.165) is 29.7 Å². The molecule has 2 aliphatic heterocycles. The lowest BCUT2D eigenvalue weighted by molar-refractivity contribution is -0.126. The molecule has 2 amide bonds. The van der Waals surface area contributed by atoms with Crippen LogP contribution in [0.15, 0.2) is 48.5 Å². The summed E-state index contributed by atoms with van der Waals surface area (Å²) in [4.78, 5) is 34.0. The molecule has 0 aromatic heterocycles. The van der Waals surface area contributed by atoms with Crippen LogP contribution >= 0.6 is 0 Å². The summed E-state index contributed by atoms with van der Waals surface area (Å²) >= 11 is 0. The standard InChI is InChI=1S/C22H24N2O3/c1-4-9-17-18-20(27-24(17)16-12-6-5-7-13-16)22(26)23(21(18)25)19-14(2)10-8-11-15(19)3/h5-8,10-13,17-18,20H,4,9H2,1-3H3/t17-,18-,20-/m1/s1. The Kier molecular flexibility index (Phi) is 4.48. The highest BCUT2D eigenvalue weighted by Crippen LogP contribution is 2.42. The largest absolute Gasteiger partial charge is 0.273 e. The molecular formula is C22H24N2O3. The lowest BCUT2D eigenvalue weighted by atomic mass is 9.93. The SMILES string of the molecule is CCC[C@@H]1[C@H]2C(=O)N(c3c(C)cccc3C)C(=O)[C@@H]2ON1c1ccccc1. The zero-order valence-corrected chi connectivity index (χ0v) is 15.9. The molecule has 2 saturated heterocycles. The van der Waals surface area contributed by atoms with Gasteiger partial charge in [-0.25, -0.2) is 9.96 Å². The molecule has 0 aliphatic carbocycles. The van der Waals surface area contributed by atoms with E-state index in [4.69, 9.17) is 4.84 Å². The Bertz CT molecular complexity index is 860. The van der Waals surface area contributed by atoms with Gasteiger partial charge in [0.2, 0.25) is 5.91 Å². The van der Waals surface area contributed by atoms with Crippen molar-refractivity contribution in [2.24, 2.45) is 5.92 Å². The third kappa shape index (κ3) is 2.73. The molecule has 5 heteroatoms. The topological polar surface area (TPSA) is 49.9 Å². The fourth-order valence-electron chi connectivity index (χ4n) is 4.29. The van der Waals surface area contributed by atoms with Gasteiger partial charge in [0.25, 0.3) is 5.91 Å². The lowest BCUT2D eigenvalue weighted by Crippen LogP contribution is -2.41. The summed E-state index contributed by atoms with van der Waals surface area (Å²) in [5.74, 6) is -0.891. The van der Waals surface area contributed by atoms with Crippen molar-refractivity contribution in [1.29, 1.82) is 0 Å². The van der Waals surface area contributed by atoms with Crippen molar-refractivity contribution in [2.45, 2.75) is 45.8 Å². The Balaban J connectivity index is 1.72. The van der Waals surface area contributed by atoms with E-state index in [1.54, 1.807) is 5.06 Å². The summed E-state index contributed by atoms with van der Waals surface area (Å²) in [6.45, 7) is 5.94. The van der Waals surface area contributed by atoms with E-state index < -0.39 is 12.0 Å². The summed E-state index contributed by atoms with van der Waals surface area (Å²) in [7, 11) is 0. The van der Waals surface area contributed by atoms with Crippen molar-refractivity contribution in [3.8, 4) is 0 Å². The van der Waals surface area contributed by atoms with Crippen LogP contribution in [0.3, 0.4) is 0 Å². The van der Waals surface area contributed by atoms with Gasteiger partial charge in [-0.3, -0.25) is 14.4 Å². The van der Waals surface area contributed by atoms with Crippen molar-refractivity contribution in [1.82, 2.24) is 0 Å². The molecule has 2 heterocycles. The predicted molar refractivity (Wildman–Crippen MR) is 104 cm³/mol. The van der Waals surface area contributed by atoms with Crippen molar-refractivity contribution in [2.75, 3.05) is 9.96 Å². The molecule has 140 valence electrons. The van der Waals surface area contributed by atoms with Crippen LogP contribution in [-0.4, -0.2) is 24.0 Å². The Morgan fingerprint density at radius 3 is 2.22 bits per heavy atom. The summed E-state index contributed by atoms with van der Waals surface area (Å²) in [6, 6.07) is 15.3. The molecule has 5 nitrogen and oxygen atoms in total. The van der Waals surface area contributed by atoms with Crippen LogP contribution in [0.4, 0.5) is 11.4 Å². The number of hydroxylamine groups is 1. The van der Waals surface area contributed by atoms with Gasteiger partial charge in [0.1, 0.15) is 0 Å². The third-order valence-electron chi connectivity index (χ3n) is 5.50. The molecule has 4 rings (SSSR count). The molecule has 0 saturated carbocycles. The van der Waals surface area contributed by atoms with Crippen LogP contribution in [0.5, 0.6) is 0 Å². The van der Waals surface area contributed by atoms with E-state index in [9.17, 15) is 9.59 Å². The van der Waals surface area contributed by atoms with Crippen molar-refractivity contribution < 1.29 is 14.4 Å². The molecule has 2 aromatic rings. The molecular weight excluding hydrogens is 340 g/mol. The van der Waals surface area contributed by atoms with Gasteiger partial charge in [0.15, 0.2) is 6.10 Å². The first-order valence-electron chi connectivity index (χ1n) is 9.49. The molecule has 0 N–H and O–H groups in total. The number of benzene rings is 2. The second-order valence-corrected chi connectivity index (χ2v) is 7.32. The first-order chi connectivity index (χ1) is 13.0. The quantitative estimate of drug-likeness (QED) is 0.775. The number of aryl methyl sites for hydroxylation is 2. The third-order valence-corrected chi connectivity index (χ3v) is 5.50. The lowest BCUT2D eigenvalue weighted by Gasteiger charge is -2.29. The first kappa shape index (κ1) is 17.7. The molecule has 2 aromatic carbocycles. The van der Waals surface area contributed by atoms with Crippen LogP contribution in [0.1, 0.15) is 30.9 Å². The van der Waals surface area contributed by atoms with Crippen LogP contribution in [0, 0.1) is 19.8 Å². The number of amides is 2. The predicted octanol–water partition coefficient (Wildman–Crippen LogP) is 3.78. The summed E-state index contributed by atoms with van der Waals surface area (Å²) in [5.41, 5.74) is 3.42. The average Bonchev–Trinajstić information content (AvgIpc) is 3.14. The highest BCUT2D eigenvalue weighted by atomic mass is 16.7. The van der Waals surface area contributed by atoms with Gasteiger partial charge in [0.05, 0.1) is 23.3 Å². The number of para-hydroxylation sites is 2. The van der Waals surface area contributed by atoms with E-state index in [2.05, 4.69) is 6.92 Å². The number of hydrogen-bond acceptors (Lipinski definition) is 4. The number of nitrogens with zero attached hydrogens (tertiary/aromatic N) is 2. The zero-order chi connectivity index (χ0) is 19.1. The van der Waals surface area contributed by atoms with E-state index >= 15 is 0 Å². The molecule has 2 fully saturated rings. The Morgan fingerprint density at radius 1 is 0.926 bits per heavy atom. The molecule has 0 radical (unpaired) electrons. The Labute approximate surface area is 159 Å². The van der Waals surface area contributed by atoms with Crippen molar-refractivity contribution >= 4 is 23.2 Å². The number of fused-ring (bicyclic) bond motifs is 1. The van der Waals surface area contributed by atoms with Gasteiger partial charge >= 0.3 is 0 Å². The minimum atomic E-state index is -0.756. The highest BCUT2D eigenvalue weighted by Gasteiger charge is 2.59. The number of rotatable bonds is 4. The van der Waals surface area contributed by atoms with Crippen LogP contribution in [0.25, 0.3) is 0 Å². The number of imide groups is 1. The Hall–Kier alpha value is -2.66. The highest BCUT2D eigenvalue weighted by molar-refractivity contribution is 6.24. The van der Waals surface area contributed by atoms with E-state index in [1.807, 2.05) is 62.4 Å². The number of carbonyl (C=O) groups excluding carboxylic acids is 2. The fourth-order valence-corrected chi connectivity index (χ4v) is 4.29. The monoisotopic (exact) mass is 364 g/mol. The molecule has 2 aliphatic rings. The zero-order valence-electron chi connectivity index (χ0n) is 15.9. The van der Waals surface area contributed by atoms with Crippen molar-refractivity contribution in [3.05, 3.63) is 59.7 Å². The van der Waals surface area contributed by atoms with Crippen LogP contribution in [-0.2, 0) is 14.4 Å². The first-order valence-corrected chi connectivity index (χ1v) is 9.49. The fraction of sp³-hybridized carbons (Fsp3) is 0.364. The molecule has 27 heavy (non-hydrogen) atoms. The maximum atomic E-state index is 13.4. The van der Waals surface area contributed by atoms with E-state index in [-0.39, 0.29) is 17.9 Å². The van der Waals surface area contributed by atoms with Gasteiger partial charge in [-0.15, -0.1) is 0 Å². The summed E-state index contributed by atoms with van der Waals surface area (Å²) < 4.78 is 0. The van der Waals surface area contributed by atoms with Gasteiger partial charge < -0.3 is 0 Å². The van der Waals surface area contributed by atoms with Crippen LogP contribution < -0.4 is 9.96 Å². The number of carbonyl (C=O) groups is 2. The molecule has 0 bridgehead atoms. The molecule has 0 spiro atoms. The van der Waals surface area contributed by atoms with Gasteiger partial charge in [-0.05, 0) is 43.5 Å². The second-order valence-electron chi connectivity index (χ2n) is 7.32. The minimum absolute atomic E-state index is 0.145. The van der Waals surface area contributed by atoms with Gasteiger partial charge in [0, 0.05) is 0 Å². The maximum absolute atomic E-state index is 13.4. The molecule has 0 unspecified atom stereocenters. The van der Waals surface area contributed by atoms with Gasteiger partial charge in [-0.2, -0.15) is 0 Å². The maximum Gasteiger partial charge on any atom is 0.266 e. The smallest absolute Gasteiger partial charge is 0.266 e. The second kappa shape index (κ2) is 6.82. The average molecular weight is 364 g/mol. The Morgan fingerprint density at radius 2 is 1.59 bits per heavy atom. The van der Waals surface area contributed by atoms with Crippen LogP contribution in [0.2, 0.25) is 0 Å². The summed E-state index contributed by atoms with van der Waals surface area (Å²) in [5, 5.41) is 1.77. The number of hydrogen-bond donors (Lipinski definition) is 0.